The number of ether oxygens (including phenoxy) is 1. The van der Waals surface area contributed by atoms with Crippen LogP contribution in [-0.4, -0.2) is 34.3 Å². The van der Waals surface area contributed by atoms with E-state index in [0.717, 1.165) is 0 Å². The molecule has 0 spiro atoms. The molecule has 112 valence electrons. The largest absolute Gasteiger partial charge is 0.481 e. The van der Waals surface area contributed by atoms with Gasteiger partial charge < -0.3 is 9.84 Å². The summed E-state index contributed by atoms with van der Waals surface area (Å²) in [6, 6.07) is 0. The van der Waals surface area contributed by atoms with E-state index in [1.807, 2.05) is 13.8 Å². The Morgan fingerprint density at radius 3 is 2.45 bits per heavy atom. The van der Waals surface area contributed by atoms with Gasteiger partial charge in [0.05, 0.1) is 18.1 Å². The molecule has 0 amide bonds. The normalized spacial score (nSPS) is 13.3. The molecule has 0 aliphatic heterocycles. The molecule has 0 saturated heterocycles. The molecule has 0 bridgehead atoms. The Balaban J connectivity index is 3.60. The van der Waals surface area contributed by atoms with Crippen LogP contribution in [0.2, 0.25) is 0 Å². The van der Waals surface area contributed by atoms with Crippen molar-refractivity contribution in [2.24, 2.45) is 0 Å². The molecule has 20 heavy (non-hydrogen) atoms. The molecule has 1 heterocycles. The first-order chi connectivity index (χ1) is 9.13. The van der Waals surface area contributed by atoms with Crippen LogP contribution in [0.3, 0.4) is 0 Å². The third-order valence-electron chi connectivity index (χ3n) is 3.48. The average molecular weight is 282 g/mol. The van der Waals surface area contributed by atoms with Crippen LogP contribution in [0.15, 0.2) is 4.79 Å². The Kier molecular flexibility index (Phi) is 4.70. The Morgan fingerprint density at radius 2 is 2.00 bits per heavy atom. The van der Waals surface area contributed by atoms with Crippen molar-refractivity contribution in [1.29, 1.82) is 0 Å². The number of hydrogen-bond acceptors (Lipinski definition) is 4. The highest BCUT2D eigenvalue weighted by molar-refractivity contribution is 5.76. The molecule has 0 saturated carbocycles. The number of aryl methyl sites for hydroxylation is 1. The van der Waals surface area contributed by atoms with E-state index in [1.54, 1.807) is 27.9 Å². The third kappa shape index (κ3) is 2.90. The second kappa shape index (κ2) is 5.75. The molecular weight excluding hydrogens is 260 g/mol. The van der Waals surface area contributed by atoms with Gasteiger partial charge in [-0.2, -0.15) is 4.98 Å². The van der Waals surface area contributed by atoms with Gasteiger partial charge in [-0.3, -0.25) is 9.36 Å². The van der Waals surface area contributed by atoms with Crippen LogP contribution >= 0.6 is 0 Å². The van der Waals surface area contributed by atoms with E-state index in [1.165, 1.54) is 4.57 Å². The number of nitrogens with zero attached hydrogens (tertiary/aromatic N) is 2. The number of aromatic nitrogens is 2. The molecule has 0 aliphatic rings. The number of hydrogen-bond donors (Lipinski definition) is 1. The lowest BCUT2D eigenvalue weighted by atomic mass is 9.96. The predicted molar refractivity (Wildman–Crippen MR) is 75.2 cm³/mol. The second-order valence-electron chi connectivity index (χ2n) is 5.62. The highest BCUT2D eigenvalue weighted by Crippen LogP contribution is 2.25. The van der Waals surface area contributed by atoms with E-state index >= 15 is 0 Å². The Bertz CT molecular complexity index is 575. The maximum atomic E-state index is 12.2. The van der Waals surface area contributed by atoms with Crippen molar-refractivity contribution in [2.75, 3.05) is 13.7 Å². The van der Waals surface area contributed by atoms with Crippen molar-refractivity contribution in [3.8, 4) is 0 Å². The standard InChI is InChI=1S/C14H22N2O4/c1-8(12(17)18)11-9(2)15-13(19)16(10(11)3)14(4,5)7-20-6/h8H,7H2,1-6H3,(H,17,18). The van der Waals surface area contributed by atoms with Crippen molar-refractivity contribution < 1.29 is 14.6 Å². The van der Waals surface area contributed by atoms with E-state index in [2.05, 4.69) is 4.98 Å². The van der Waals surface area contributed by atoms with Crippen LogP contribution < -0.4 is 5.69 Å². The first-order valence-corrected chi connectivity index (χ1v) is 6.46. The number of carbonyl (C=O) groups is 1. The van der Waals surface area contributed by atoms with E-state index in [0.29, 0.717) is 23.6 Å². The van der Waals surface area contributed by atoms with Crippen LogP contribution in [0, 0.1) is 13.8 Å². The highest BCUT2D eigenvalue weighted by Gasteiger charge is 2.28. The van der Waals surface area contributed by atoms with Gasteiger partial charge in [0.1, 0.15) is 0 Å². The van der Waals surface area contributed by atoms with Gasteiger partial charge in [0.25, 0.3) is 0 Å². The zero-order valence-corrected chi connectivity index (χ0v) is 12.9. The Morgan fingerprint density at radius 1 is 1.45 bits per heavy atom. The quantitative estimate of drug-likeness (QED) is 0.883. The summed E-state index contributed by atoms with van der Waals surface area (Å²) < 4.78 is 6.66. The molecular formula is C14H22N2O4. The summed E-state index contributed by atoms with van der Waals surface area (Å²) in [5.74, 6) is -1.65. The summed E-state index contributed by atoms with van der Waals surface area (Å²) in [7, 11) is 1.56. The molecule has 1 atom stereocenters. The smallest absolute Gasteiger partial charge is 0.348 e. The van der Waals surface area contributed by atoms with Gasteiger partial charge in [0.2, 0.25) is 0 Å². The molecule has 0 fully saturated rings. The molecule has 1 rings (SSSR count). The lowest BCUT2D eigenvalue weighted by Crippen LogP contribution is -2.43. The topological polar surface area (TPSA) is 81.4 Å². The first kappa shape index (κ1) is 16.4. The van der Waals surface area contributed by atoms with Crippen LogP contribution in [0.4, 0.5) is 0 Å². The van der Waals surface area contributed by atoms with Gasteiger partial charge in [-0.25, -0.2) is 4.79 Å². The van der Waals surface area contributed by atoms with Gasteiger partial charge in [0, 0.05) is 24.1 Å². The molecule has 6 nitrogen and oxygen atoms in total. The summed E-state index contributed by atoms with van der Waals surface area (Å²) in [4.78, 5) is 27.4. The first-order valence-electron chi connectivity index (χ1n) is 6.46. The molecule has 0 radical (unpaired) electrons. The van der Waals surface area contributed by atoms with Gasteiger partial charge >= 0.3 is 11.7 Å². The third-order valence-corrected chi connectivity index (χ3v) is 3.48. The summed E-state index contributed by atoms with van der Waals surface area (Å²) in [6.45, 7) is 9.06. The zero-order valence-electron chi connectivity index (χ0n) is 12.9. The fourth-order valence-corrected chi connectivity index (χ4v) is 2.66. The van der Waals surface area contributed by atoms with Crippen LogP contribution in [-0.2, 0) is 15.1 Å². The predicted octanol–water partition coefficient (Wildman–Crippen LogP) is 1.43. The second-order valence-corrected chi connectivity index (χ2v) is 5.62. The molecule has 1 unspecified atom stereocenters. The maximum Gasteiger partial charge on any atom is 0.348 e. The number of carboxylic acids is 1. The van der Waals surface area contributed by atoms with Crippen molar-refractivity contribution in [3.63, 3.8) is 0 Å². The van der Waals surface area contributed by atoms with E-state index < -0.39 is 17.4 Å². The summed E-state index contributed by atoms with van der Waals surface area (Å²) in [6.07, 6.45) is 0. The minimum Gasteiger partial charge on any atom is -0.481 e. The van der Waals surface area contributed by atoms with Crippen molar-refractivity contribution in [1.82, 2.24) is 9.55 Å². The molecule has 6 heteroatoms. The Hall–Kier alpha value is -1.69. The molecule has 0 aliphatic carbocycles. The van der Waals surface area contributed by atoms with Gasteiger partial charge in [-0.05, 0) is 34.6 Å². The molecule has 1 aromatic heterocycles. The summed E-state index contributed by atoms with van der Waals surface area (Å²) in [5.41, 5.74) is 0.694. The number of carboxylic acid groups (broad SMARTS) is 1. The average Bonchev–Trinajstić information content (AvgIpc) is 2.26. The lowest BCUT2D eigenvalue weighted by molar-refractivity contribution is -0.138. The lowest BCUT2D eigenvalue weighted by Gasteiger charge is -2.30. The van der Waals surface area contributed by atoms with Crippen molar-refractivity contribution in [3.05, 3.63) is 27.4 Å². The van der Waals surface area contributed by atoms with Gasteiger partial charge in [-0.1, -0.05) is 0 Å². The fourth-order valence-electron chi connectivity index (χ4n) is 2.66. The molecule has 1 aromatic rings. The minimum atomic E-state index is -0.937. The van der Waals surface area contributed by atoms with E-state index in [9.17, 15) is 14.7 Å². The fraction of sp³-hybridized carbons (Fsp3) is 0.643. The molecule has 1 N–H and O–H groups in total. The minimum absolute atomic E-state index is 0.333. The summed E-state index contributed by atoms with van der Waals surface area (Å²) in [5, 5.41) is 9.21. The zero-order chi connectivity index (χ0) is 15.7. The number of aliphatic carboxylic acids is 1. The maximum absolute atomic E-state index is 12.2. The number of methoxy groups -OCH3 is 1. The van der Waals surface area contributed by atoms with E-state index in [-0.39, 0.29) is 5.69 Å². The number of rotatable bonds is 5. The van der Waals surface area contributed by atoms with Crippen LogP contribution in [0.1, 0.15) is 43.6 Å². The monoisotopic (exact) mass is 282 g/mol. The Labute approximate surface area is 118 Å². The van der Waals surface area contributed by atoms with Gasteiger partial charge in [-0.15, -0.1) is 0 Å². The van der Waals surface area contributed by atoms with E-state index in [4.69, 9.17) is 4.74 Å². The molecule has 0 aromatic carbocycles. The summed E-state index contributed by atoms with van der Waals surface area (Å²) >= 11 is 0. The highest BCUT2D eigenvalue weighted by atomic mass is 16.5. The van der Waals surface area contributed by atoms with Crippen molar-refractivity contribution in [2.45, 2.75) is 46.1 Å². The van der Waals surface area contributed by atoms with Gasteiger partial charge in [0.15, 0.2) is 0 Å². The van der Waals surface area contributed by atoms with Crippen LogP contribution in [0.5, 0.6) is 0 Å². The van der Waals surface area contributed by atoms with Crippen LogP contribution in [0.25, 0.3) is 0 Å². The van der Waals surface area contributed by atoms with Crippen molar-refractivity contribution >= 4 is 5.97 Å². The SMILES string of the molecule is COCC(C)(C)n1c(C)c(C(C)C(=O)O)c(C)nc1=O.